The second kappa shape index (κ2) is 9.92. The number of carbonyl (C=O) groups is 2. The van der Waals surface area contributed by atoms with Gasteiger partial charge in [-0.15, -0.1) is 0 Å². The number of ether oxygens (including phenoxy) is 1. The van der Waals surface area contributed by atoms with E-state index in [9.17, 15) is 19.2 Å². The quantitative estimate of drug-likeness (QED) is 0.312. The van der Waals surface area contributed by atoms with Crippen LogP contribution in [-0.4, -0.2) is 34.9 Å². The molecule has 1 atom stereocenters. The molecule has 4 aromatic rings. The van der Waals surface area contributed by atoms with Crippen LogP contribution in [-0.2, 0) is 13.0 Å². The summed E-state index contributed by atoms with van der Waals surface area (Å²) in [6.45, 7) is 2.88. The first-order valence-corrected chi connectivity index (χ1v) is 12.9. The number of amides is 2. The molecule has 0 unspecified atom stereocenters. The number of nitrogens with zero attached hydrogens (tertiary/aromatic N) is 3. The zero-order valence-electron chi connectivity index (χ0n) is 21.7. The van der Waals surface area contributed by atoms with Gasteiger partial charge in [-0.25, -0.2) is 9.97 Å². The molecule has 2 heterocycles. The summed E-state index contributed by atoms with van der Waals surface area (Å²) < 4.78 is 5.68. The minimum atomic E-state index is -0.687. The summed E-state index contributed by atoms with van der Waals surface area (Å²) in [4.78, 5) is 59.4. The largest absolute Gasteiger partial charge is 0.490 e. The smallest absolute Gasteiger partial charge is 0.270 e. The number of aryl methyl sites for hydroxylation is 2. The lowest BCUT2D eigenvalue weighted by atomic mass is 10.1. The molecule has 0 fully saturated rings. The monoisotopic (exact) mass is 538 g/mol. The van der Waals surface area contributed by atoms with E-state index < -0.39 is 16.8 Å². The SMILES string of the molecule is Cc1ccc2c(c1)CC[C@@H]2NC(=O)c1cc(C(=O)NCc2ccc3c(c2)N(c2c(N)c(=O)c2=O)CCO3)ncn1. The van der Waals surface area contributed by atoms with Crippen LogP contribution >= 0.6 is 0 Å². The lowest BCUT2D eigenvalue weighted by Gasteiger charge is -2.32. The molecule has 0 saturated carbocycles. The zero-order chi connectivity index (χ0) is 28.0. The molecule has 0 bridgehead atoms. The lowest BCUT2D eigenvalue weighted by Crippen LogP contribution is -2.43. The predicted octanol–water partition coefficient (Wildman–Crippen LogP) is 1.84. The molecule has 4 N–H and O–H groups in total. The molecule has 1 aromatic heterocycles. The molecule has 202 valence electrons. The highest BCUT2D eigenvalue weighted by molar-refractivity contribution is 5.97. The van der Waals surface area contributed by atoms with Gasteiger partial charge in [0.15, 0.2) is 0 Å². The molecule has 3 aromatic carbocycles. The van der Waals surface area contributed by atoms with Gasteiger partial charge in [-0.05, 0) is 48.6 Å². The van der Waals surface area contributed by atoms with Crippen LogP contribution in [0.15, 0.2) is 58.4 Å². The Kier molecular flexibility index (Phi) is 6.25. The van der Waals surface area contributed by atoms with Crippen LogP contribution in [0, 0.1) is 6.92 Å². The van der Waals surface area contributed by atoms with Gasteiger partial charge in [0.25, 0.3) is 22.7 Å². The second-order valence-corrected chi connectivity index (χ2v) is 9.96. The number of benzene rings is 2. The Labute approximate surface area is 228 Å². The van der Waals surface area contributed by atoms with E-state index in [-0.39, 0.29) is 41.3 Å². The first kappa shape index (κ1) is 25.2. The summed E-state index contributed by atoms with van der Waals surface area (Å²) in [5.41, 5.74) is 9.56. The molecular weight excluding hydrogens is 512 g/mol. The number of hydrogen-bond acceptors (Lipinski definition) is 9. The highest BCUT2D eigenvalue weighted by atomic mass is 16.5. The highest BCUT2D eigenvalue weighted by Crippen LogP contribution is 2.38. The van der Waals surface area contributed by atoms with E-state index in [0.29, 0.717) is 24.6 Å². The van der Waals surface area contributed by atoms with Crippen LogP contribution in [0.25, 0.3) is 0 Å². The van der Waals surface area contributed by atoms with Crippen molar-refractivity contribution in [2.24, 2.45) is 0 Å². The van der Waals surface area contributed by atoms with Crippen LogP contribution in [0.5, 0.6) is 5.75 Å². The van der Waals surface area contributed by atoms with Crippen molar-refractivity contribution in [3.63, 3.8) is 0 Å². The average molecular weight is 539 g/mol. The van der Waals surface area contributed by atoms with E-state index in [2.05, 4.69) is 26.7 Å². The number of fused-ring (bicyclic) bond motifs is 2. The average Bonchev–Trinajstić information content (AvgIpc) is 3.37. The molecule has 1 aliphatic carbocycles. The van der Waals surface area contributed by atoms with Crippen molar-refractivity contribution in [3.8, 4) is 5.75 Å². The van der Waals surface area contributed by atoms with Crippen LogP contribution in [0.3, 0.4) is 0 Å². The van der Waals surface area contributed by atoms with Gasteiger partial charge in [-0.3, -0.25) is 19.2 Å². The van der Waals surface area contributed by atoms with Crippen LogP contribution < -0.4 is 36.9 Å². The molecule has 0 radical (unpaired) electrons. The van der Waals surface area contributed by atoms with Crippen molar-refractivity contribution < 1.29 is 14.3 Å². The van der Waals surface area contributed by atoms with Crippen molar-refractivity contribution in [1.29, 1.82) is 0 Å². The summed E-state index contributed by atoms with van der Waals surface area (Å²) in [6.07, 6.45) is 2.89. The summed E-state index contributed by atoms with van der Waals surface area (Å²) in [5.74, 6) is -0.307. The zero-order valence-corrected chi connectivity index (χ0v) is 21.7. The summed E-state index contributed by atoms with van der Waals surface area (Å²) >= 11 is 0. The number of nitrogen functional groups attached to an aromatic ring is 1. The van der Waals surface area contributed by atoms with Gasteiger partial charge < -0.3 is 26.0 Å². The van der Waals surface area contributed by atoms with Crippen molar-refractivity contribution >= 4 is 28.9 Å². The van der Waals surface area contributed by atoms with Crippen molar-refractivity contribution in [2.45, 2.75) is 32.4 Å². The molecule has 6 rings (SSSR count). The minimum absolute atomic E-state index is 0.0574. The normalized spacial score (nSPS) is 15.7. The highest BCUT2D eigenvalue weighted by Gasteiger charge is 2.29. The number of nitrogens with two attached hydrogens (primary N) is 1. The fourth-order valence-electron chi connectivity index (χ4n) is 5.28. The molecule has 40 heavy (non-hydrogen) atoms. The maximum atomic E-state index is 12.9. The third-order valence-electron chi connectivity index (χ3n) is 7.34. The maximum absolute atomic E-state index is 12.9. The standard InChI is InChI=1S/C29H26N6O5/c1-15-2-5-18-17(10-15)4-6-19(18)34-29(39)21-12-20(32-14-33-21)28(38)31-13-16-3-7-23-22(11-16)35(8-9-40-23)25-24(30)26(36)27(25)37/h2-3,5,7,10-12,14,19H,4,6,8-9,13,30H2,1H3,(H,31,38)(H,34,39)/t19-/m0/s1. The van der Waals surface area contributed by atoms with Crippen molar-refractivity contribution in [3.05, 3.63) is 103 Å². The van der Waals surface area contributed by atoms with Gasteiger partial charge >= 0.3 is 0 Å². The van der Waals surface area contributed by atoms with Crippen molar-refractivity contribution in [1.82, 2.24) is 20.6 Å². The number of rotatable bonds is 6. The van der Waals surface area contributed by atoms with Crippen LogP contribution in [0.2, 0.25) is 0 Å². The Morgan fingerprint density at radius 2 is 1.85 bits per heavy atom. The fraction of sp³-hybridized carbons (Fsp3) is 0.241. The van der Waals surface area contributed by atoms with E-state index in [1.165, 1.54) is 23.5 Å². The lowest BCUT2D eigenvalue weighted by molar-refractivity contribution is 0.0931. The Morgan fingerprint density at radius 1 is 1.05 bits per heavy atom. The predicted molar refractivity (Wildman–Crippen MR) is 148 cm³/mol. The number of nitrogens with one attached hydrogen (secondary N) is 2. The Hall–Kier alpha value is -5.06. The van der Waals surface area contributed by atoms with Gasteiger partial charge in [-0.2, -0.15) is 0 Å². The molecule has 11 nitrogen and oxygen atoms in total. The van der Waals surface area contributed by atoms with Gasteiger partial charge in [0, 0.05) is 12.6 Å². The van der Waals surface area contributed by atoms with Gasteiger partial charge in [0.05, 0.1) is 18.3 Å². The van der Waals surface area contributed by atoms with Gasteiger partial charge in [0.2, 0.25) is 0 Å². The summed E-state index contributed by atoms with van der Waals surface area (Å²) in [5, 5.41) is 5.82. The maximum Gasteiger partial charge on any atom is 0.270 e. The summed E-state index contributed by atoms with van der Waals surface area (Å²) in [7, 11) is 0. The molecule has 2 amide bonds. The molecular formula is C29H26N6O5. The number of carbonyl (C=O) groups excluding carboxylic acids is 2. The Morgan fingerprint density at radius 3 is 2.65 bits per heavy atom. The topological polar surface area (TPSA) is 157 Å². The summed E-state index contributed by atoms with van der Waals surface area (Å²) in [6, 6.07) is 12.8. The fourth-order valence-corrected chi connectivity index (χ4v) is 5.28. The first-order chi connectivity index (χ1) is 19.3. The van der Waals surface area contributed by atoms with E-state index in [1.54, 1.807) is 23.1 Å². The van der Waals surface area contributed by atoms with Gasteiger partial charge in [-0.1, -0.05) is 29.8 Å². The number of hydrogen-bond donors (Lipinski definition) is 3. The van der Waals surface area contributed by atoms with Crippen molar-refractivity contribution in [2.75, 3.05) is 23.8 Å². The minimum Gasteiger partial charge on any atom is -0.490 e. The first-order valence-electron chi connectivity index (χ1n) is 12.9. The third kappa shape index (κ3) is 4.45. The third-order valence-corrected chi connectivity index (χ3v) is 7.34. The second-order valence-electron chi connectivity index (χ2n) is 9.96. The molecule has 2 aliphatic rings. The molecule has 11 heteroatoms. The van der Waals surface area contributed by atoms with Crippen LogP contribution in [0.4, 0.5) is 17.1 Å². The number of anilines is 3. The van der Waals surface area contributed by atoms with E-state index >= 15 is 0 Å². The molecule has 0 spiro atoms. The van der Waals surface area contributed by atoms with Crippen LogP contribution in [0.1, 0.15) is 55.7 Å². The van der Waals surface area contributed by atoms with E-state index in [4.69, 9.17) is 10.5 Å². The van der Waals surface area contributed by atoms with E-state index in [0.717, 1.165) is 24.0 Å². The van der Waals surface area contributed by atoms with E-state index in [1.807, 2.05) is 19.1 Å². The van der Waals surface area contributed by atoms with Gasteiger partial charge in [0.1, 0.15) is 41.4 Å². The Balaban J connectivity index is 1.13. The Bertz CT molecular complexity index is 1740. The molecule has 0 saturated heterocycles. The number of aromatic nitrogens is 2. The molecule has 1 aliphatic heterocycles.